The molecule has 0 aromatic carbocycles. The monoisotopic (exact) mass is 277 g/mol. The number of aryl methyl sites for hydroxylation is 1. The van der Waals surface area contributed by atoms with Crippen molar-refractivity contribution < 1.29 is 0 Å². The number of nitriles is 1. The zero-order chi connectivity index (χ0) is 14.8. The lowest BCUT2D eigenvalue weighted by Crippen LogP contribution is -2.07. The first-order valence-corrected chi connectivity index (χ1v) is 6.28. The molecule has 102 valence electrons. The predicted molar refractivity (Wildman–Crippen MR) is 74.4 cm³/mol. The van der Waals surface area contributed by atoms with Crippen molar-refractivity contribution >= 4 is 0 Å². The normalized spacial score (nSPS) is 10.3. The summed E-state index contributed by atoms with van der Waals surface area (Å²) in [5.41, 5.74) is 2.39. The Labute approximate surface area is 121 Å². The quantitative estimate of drug-likeness (QED) is 0.706. The van der Waals surface area contributed by atoms with E-state index in [9.17, 15) is 0 Å². The molecule has 0 spiro atoms. The van der Waals surface area contributed by atoms with Gasteiger partial charge in [0.1, 0.15) is 18.1 Å². The summed E-state index contributed by atoms with van der Waals surface area (Å²) in [6, 6.07) is 7.46. The van der Waals surface area contributed by atoms with Crippen LogP contribution in [-0.4, -0.2) is 29.7 Å². The lowest BCUT2D eigenvalue weighted by Gasteiger charge is -2.09. The number of hydrogen-bond donors (Lipinski definition) is 0. The number of rotatable bonds is 2. The van der Waals surface area contributed by atoms with Gasteiger partial charge in [0, 0.05) is 17.5 Å². The van der Waals surface area contributed by atoms with Gasteiger partial charge in [-0.1, -0.05) is 6.07 Å². The van der Waals surface area contributed by atoms with Crippen molar-refractivity contribution in [1.82, 2.24) is 29.7 Å². The van der Waals surface area contributed by atoms with Crippen molar-refractivity contribution in [3.8, 4) is 23.4 Å². The Morgan fingerprint density at radius 2 is 2.00 bits per heavy atom. The number of nitrogens with zero attached hydrogens (tertiary/aromatic N) is 7. The highest BCUT2D eigenvalue weighted by Crippen LogP contribution is 2.18. The molecular formula is C14H11N7. The van der Waals surface area contributed by atoms with Gasteiger partial charge in [0.05, 0.1) is 0 Å². The summed E-state index contributed by atoms with van der Waals surface area (Å²) < 4.78 is 1.48. The molecule has 3 aromatic heterocycles. The van der Waals surface area contributed by atoms with Crippen molar-refractivity contribution in [2.75, 3.05) is 0 Å². The second-order valence-corrected chi connectivity index (χ2v) is 4.42. The summed E-state index contributed by atoms with van der Waals surface area (Å²) in [5, 5.41) is 12.9. The van der Waals surface area contributed by atoms with E-state index >= 15 is 0 Å². The van der Waals surface area contributed by atoms with E-state index in [2.05, 4.69) is 25.0 Å². The van der Waals surface area contributed by atoms with Crippen LogP contribution in [0, 0.1) is 25.2 Å². The van der Waals surface area contributed by atoms with Crippen LogP contribution in [0.5, 0.6) is 0 Å². The van der Waals surface area contributed by atoms with Crippen molar-refractivity contribution in [3.05, 3.63) is 47.8 Å². The largest absolute Gasteiger partial charge is 0.253 e. The maximum atomic E-state index is 8.82. The van der Waals surface area contributed by atoms with Crippen molar-refractivity contribution in [2.45, 2.75) is 13.8 Å². The molecule has 21 heavy (non-hydrogen) atoms. The van der Waals surface area contributed by atoms with Gasteiger partial charge in [-0.15, -0.1) is 5.10 Å². The summed E-state index contributed by atoms with van der Waals surface area (Å²) in [6.07, 6.45) is 3.16. The summed E-state index contributed by atoms with van der Waals surface area (Å²) in [7, 11) is 0. The van der Waals surface area contributed by atoms with Gasteiger partial charge >= 0.3 is 0 Å². The van der Waals surface area contributed by atoms with Crippen molar-refractivity contribution in [2.24, 2.45) is 0 Å². The Kier molecular flexibility index (Phi) is 3.12. The van der Waals surface area contributed by atoms with Crippen LogP contribution >= 0.6 is 0 Å². The van der Waals surface area contributed by atoms with Gasteiger partial charge in [-0.05, 0) is 26.0 Å². The zero-order valence-electron chi connectivity index (χ0n) is 11.5. The van der Waals surface area contributed by atoms with Crippen LogP contribution in [-0.2, 0) is 0 Å². The molecule has 0 aliphatic carbocycles. The van der Waals surface area contributed by atoms with Crippen molar-refractivity contribution in [3.63, 3.8) is 0 Å². The maximum Gasteiger partial charge on any atom is 0.252 e. The second-order valence-electron chi connectivity index (χ2n) is 4.42. The molecule has 3 rings (SSSR count). The molecule has 0 bridgehead atoms. The Bertz CT molecular complexity index is 830. The molecule has 0 aliphatic heterocycles. The third-order valence-corrected chi connectivity index (χ3v) is 3.07. The summed E-state index contributed by atoms with van der Waals surface area (Å²) >= 11 is 0. The fourth-order valence-corrected chi connectivity index (χ4v) is 1.86. The van der Waals surface area contributed by atoms with Crippen LogP contribution in [0.4, 0.5) is 0 Å². The molecular weight excluding hydrogens is 266 g/mol. The predicted octanol–water partition coefficient (Wildman–Crippen LogP) is 1.61. The van der Waals surface area contributed by atoms with E-state index in [1.807, 2.05) is 38.1 Å². The first-order valence-electron chi connectivity index (χ1n) is 6.28. The minimum atomic E-state index is 0.102. The highest BCUT2D eigenvalue weighted by molar-refractivity contribution is 5.52. The first kappa shape index (κ1) is 12.9. The minimum Gasteiger partial charge on any atom is -0.253 e. The molecule has 3 heterocycles. The van der Waals surface area contributed by atoms with Gasteiger partial charge in [-0.25, -0.2) is 19.6 Å². The molecule has 0 aliphatic rings. The summed E-state index contributed by atoms with van der Waals surface area (Å²) in [6.45, 7) is 3.80. The van der Waals surface area contributed by atoms with E-state index in [0.717, 1.165) is 11.3 Å². The Morgan fingerprint density at radius 3 is 2.67 bits per heavy atom. The molecule has 0 radical (unpaired) electrons. The average molecular weight is 277 g/mol. The molecule has 0 saturated carbocycles. The fraction of sp³-hybridized carbons (Fsp3) is 0.143. The molecule has 0 N–H and O–H groups in total. The molecule has 7 heteroatoms. The number of aromatic nitrogens is 6. The molecule has 0 fully saturated rings. The lowest BCUT2D eigenvalue weighted by molar-refractivity contribution is 0.819. The van der Waals surface area contributed by atoms with E-state index in [-0.39, 0.29) is 5.82 Å². The molecule has 0 atom stereocenters. The van der Waals surface area contributed by atoms with Gasteiger partial charge in [0.15, 0.2) is 11.6 Å². The van der Waals surface area contributed by atoms with Gasteiger partial charge in [0.25, 0.3) is 5.82 Å². The van der Waals surface area contributed by atoms with Crippen LogP contribution in [0.2, 0.25) is 0 Å². The molecule has 3 aromatic rings. The minimum absolute atomic E-state index is 0.102. The van der Waals surface area contributed by atoms with E-state index in [1.54, 1.807) is 6.20 Å². The zero-order valence-corrected chi connectivity index (χ0v) is 11.5. The first-order chi connectivity index (χ1) is 10.2. The molecule has 0 saturated heterocycles. The van der Waals surface area contributed by atoms with Gasteiger partial charge in [-0.3, -0.25) is 4.98 Å². The number of pyridine rings is 1. The Balaban J connectivity index is 2.17. The molecule has 0 amide bonds. The second kappa shape index (κ2) is 5.09. The standard InChI is InChI=1S/C14H11N7/c1-9-10(2)18-13(11-5-3-4-6-16-11)19-14(9)21-8-17-12(7-15)20-21/h3-6,8H,1-2H3. The van der Waals surface area contributed by atoms with Crippen LogP contribution in [0.25, 0.3) is 17.3 Å². The van der Waals surface area contributed by atoms with Gasteiger partial charge in [0.2, 0.25) is 0 Å². The topological polar surface area (TPSA) is 93.2 Å². The van der Waals surface area contributed by atoms with E-state index < -0.39 is 0 Å². The van der Waals surface area contributed by atoms with Crippen LogP contribution in [0.3, 0.4) is 0 Å². The third-order valence-electron chi connectivity index (χ3n) is 3.07. The van der Waals surface area contributed by atoms with E-state index in [1.165, 1.54) is 11.0 Å². The lowest BCUT2D eigenvalue weighted by atomic mass is 10.2. The van der Waals surface area contributed by atoms with Crippen molar-refractivity contribution in [1.29, 1.82) is 5.26 Å². The van der Waals surface area contributed by atoms with Crippen LogP contribution in [0.1, 0.15) is 17.1 Å². The SMILES string of the molecule is Cc1nc(-c2ccccn2)nc(-n2cnc(C#N)n2)c1C. The average Bonchev–Trinajstić information content (AvgIpc) is 2.99. The highest BCUT2D eigenvalue weighted by atomic mass is 15.4. The summed E-state index contributed by atoms with van der Waals surface area (Å²) in [5.74, 6) is 1.21. The Morgan fingerprint density at radius 1 is 1.14 bits per heavy atom. The maximum absolute atomic E-state index is 8.82. The summed E-state index contributed by atoms with van der Waals surface area (Å²) in [4.78, 5) is 17.1. The molecule has 0 unspecified atom stereocenters. The van der Waals surface area contributed by atoms with E-state index in [4.69, 9.17) is 5.26 Å². The smallest absolute Gasteiger partial charge is 0.252 e. The van der Waals surface area contributed by atoms with Gasteiger partial charge < -0.3 is 0 Å². The van der Waals surface area contributed by atoms with Crippen LogP contribution < -0.4 is 0 Å². The van der Waals surface area contributed by atoms with Crippen LogP contribution in [0.15, 0.2) is 30.7 Å². The fourth-order valence-electron chi connectivity index (χ4n) is 1.86. The van der Waals surface area contributed by atoms with Gasteiger partial charge in [-0.2, -0.15) is 5.26 Å². The highest BCUT2D eigenvalue weighted by Gasteiger charge is 2.13. The molecule has 7 nitrogen and oxygen atoms in total. The third kappa shape index (κ3) is 2.34. The number of hydrogen-bond acceptors (Lipinski definition) is 6. The van der Waals surface area contributed by atoms with E-state index in [0.29, 0.717) is 17.3 Å². The Hall–Kier alpha value is -3.14.